The average molecular weight is 171 g/mol. The molecule has 1 aliphatic carbocycles. The Bertz CT molecular complexity index is 170. The summed E-state index contributed by atoms with van der Waals surface area (Å²) in [5.41, 5.74) is -0.558. The standard InChI is InChI=1S/C9H17NO2/c1-12-7-9(11)4-5-10(6-9)8-2-3-8/h8,11H,2-7H2,1H3. The maximum absolute atomic E-state index is 9.97. The Morgan fingerprint density at radius 1 is 1.58 bits per heavy atom. The third kappa shape index (κ3) is 1.63. The molecule has 12 heavy (non-hydrogen) atoms. The molecule has 1 aliphatic heterocycles. The molecule has 1 heterocycles. The molecule has 0 bridgehead atoms. The summed E-state index contributed by atoms with van der Waals surface area (Å²) in [6.07, 6.45) is 3.52. The first kappa shape index (κ1) is 8.48. The number of ether oxygens (including phenoxy) is 1. The van der Waals surface area contributed by atoms with Crippen LogP contribution in [0.15, 0.2) is 0 Å². The highest BCUT2D eigenvalue weighted by molar-refractivity contribution is 4.96. The van der Waals surface area contributed by atoms with E-state index in [-0.39, 0.29) is 0 Å². The van der Waals surface area contributed by atoms with Crippen molar-refractivity contribution in [3.63, 3.8) is 0 Å². The zero-order valence-corrected chi connectivity index (χ0v) is 7.62. The molecule has 0 radical (unpaired) electrons. The quantitative estimate of drug-likeness (QED) is 0.660. The van der Waals surface area contributed by atoms with Crippen LogP contribution in [0, 0.1) is 0 Å². The lowest BCUT2D eigenvalue weighted by Gasteiger charge is -2.22. The molecular formula is C9H17NO2. The van der Waals surface area contributed by atoms with Crippen LogP contribution in [0.1, 0.15) is 19.3 Å². The van der Waals surface area contributed by atoms with Crippen LogP contribution >= 0.6 is 0 Å². The van der Waals surface area contributed by atoms with Gasteiger partial charge in [-0.3, -0.25) is 4.90 Å². The normalized spacial score (nSPS) is 37.5. The van der Waals surface area contributed by atoms with E-state index in [9.17, 15) is 5.11 Å². The first-order chi connectivity index (χ1) is 5.73. The molecule has 1 saturated carbocycles. The lowest BCUT2D eigenvalue weighted by atomic mass is 10.1. The van der Waals surface area contributed by atoms with Crippen LogP contribution in [-0.2, 0) is 4.74 Å². The van der Waals surface area contributed by atoms with Crippen LogP contribution in [0.25, 0.3) is 0 Å². The predicted octanol–water partition coefficient (Wildman–Crippen LogP) is 0.232. The van der Waals surface area contributed by atoms with E-state index in [1.165, 1.54) is 12.8 Å². The van der Waals surface area contributed by atoms with Gasteiger partial charge >= 0.3 is 0 Å². The Morgan fingerprint density at radius 3 is 2.92 bits per heavy atom. The molecule has 0 aromatic rings. The van der Waals surface area contributed by atoms with Crippen molar-refractivity contribution in [2.75, 3.05) is 26.8 Å². The lowest BCUT2D eigenvalue weighted by molar-refractivity contribution is -0.0230. The molecule has 0 aromatic heterocycles. The Balaban J connectivity index is 1.86. The number of methoxy groups -OCH3 is 1. The van der Waals surface area contributed by atoms with Gasteiger partial charge in [-0.2, -0.15) is 0 Å². The third-order valence-electron chi connectivity index (χ3n) is 2.84. The van der Waals surface area contributed by atoms with Crippen LogP contribution in [0.4, 0.5) is 0 Å². The summed E-state index contributed by atoms with van der Waals surface area (Å²) in [4.78, 5) is 2.39. The Labute approximate surface area is 73.3 Å². The summed E-state index contributed by atoms with van der Waals surface area (Å²) in [6, 6.07) is 0.774. The summed E-state index contributed by atoms with van der Waals surface area (Å²) in [5.74, 6) is 0. The maximum Gasteiger partial charge on any atom is 0.102 e. The second kappa shape index (κ2) is 2.98. The van der Waals surface area contributed by atoms with Crippen molar-refractivity contribution >= 4 is 0 Å². The van der Waals surface area contributed by atoms with Gasteiger partial charge in [-0.15, -0.1) is 0 Å². The first-order valence-electron chi connectivity index (χ1n) is 4.69. The molecule has 70 valence electrons. The van der Waals surface area contributed by atoms with Crippen LogP contribution in [0.3, 0.4) is 0 Å². The highest BCUT2D eigenvalue weighted by Crippen LogP contribution is 2.33. The van der Waals surface area contributed by atoms with Gasteiger partial charge in [0.1, 0.15) is 5.60 Å². The van der Waals surface area contributed by atoms with Crippen molar-refractivity contribution in [3.05, 3.63) is 0 Å². The van der Waals surface area contributed by atoms with Gasteiger partial charge in [0.15, 0.2) is 0 Å². The SMILES string of the molecule is COCC1(O)CCN(C2CC2)C1. The zero-order chi connectivity index (χ0) is 8.60. The van der Waals surface area contributed by atoms with Crippen molar-refractivity contribution < 1.29 is 9.84 Å². The molecule has 2 aliphatic rings. The molecule has 1 atom stereocenters. The number of β-amino-alcohol motifs (C(OH)–C–C–N with tert-alkyl or cyclic N) is 1. The summed E-state index contributed by atoms with van der Waals surface area (Å²) in [5, 5.41) is 9.97. The second-order valence-electron chi connectivity index (χ2n) is 4.11. The monoisotopic (exact) mass is 171 g/mol. The van der Waals surface area contributed by atoms with E-state index < -0.39 is 5.60 Å². The molecule has 1 N–H and O–H groups in total. The van der Waals surface area contributed by atoms with E-state index >= 15 is 0 Å². The van der Waals surface area contributed by atoms with E-state index in [0.717, 1.165) is 25.6 Å². The molecule has 0 spiro atoms. The predicted molar refractivity (Wildman–Crippen MR) is 46.0 cm³/mol. The van der Waals surface area contributed by atoms with Crippen molar-refractivity contribution in [2.45, 2.75) is 30.9 Å². The number of rotatable bonds is 3. The van der Waals surface area contributed by atoms with Crippen molar-refractivity contribution in [1.82, 2.24) is 4.90 Å². The number of hydrogen-bond donors (Lipinski definition) is 1. The molecule has 1 saturated heterocycles. The molecule has 2 rings (SSSR count). The lowest BCUT2D eigenvalue weighted by Crippen LogP contribution is -2.38. The van der Waals surface area contributed by atoms with Gasteiger partial charge in [-0.05, 0) is 19.3 Å². The topological polar surface area (TPSA) is 32.7 Å². The number of aliphatic hydroxyl groups is 1. The van der Waals surface area contributed by atoms with Gasteiger partial charge in [0, 0.05) is 26.2 Å². The van der Waals surface area contributed by atoms with Gasteiger partial charge in [0.2, 0.25) is 0 Å². The molecule has 3 nitrogen and oxygen atoms in total. The molecular weight excluding hydrogens is 154 g/mol. The fourth-order valence-electron chi connectivity index (χ4n) is 2.03. The van der Waals surface area contributed by atoms with Gasteiger partial charge < -0.3 is 9.84 Å². The largest absolute Gasteiger partial charge is 0.386 e. The Kier molecular flexibility index (Phi) is 2.10. The van der Waals surface area contributed by atoms with Gasteiger partial charge in [0.05, 0.1) is 6.61 Å². The molecule has 0 aromatic carbocycles. The van der Waals surface area contributed by atoms with Gasteiger partial charge in [-0.25, -0.2) is 0 Å². The smallest absolute Gasteiger partial charge is 0.102 e. The fourth-order valence-corrected chi connectivity index (χ4v) is 2.03. The van der Waals surface area contributed by atoms with Gasteiger partial charge in [0.25, 0.3) is 0 Å². The number of hydrogen-bond acceptors (Lipinski definition) is 3. The molecule has 0 amide bonds. The van der Waals surface area contributed by atoms with Crippen LogP contribution in [0.2, 0.25) is 0 Å². The number of likely N-dealkylation sites (tertiary alicyclic amines) is 1. The summed E-state index contributed by atoms with van der Waals surface area (Å²) >= 11 is 0. The molecule has 2 fully saturated rings. The highest BCUT2D eigenvalue weighted by atomic mass is 16.5. The van der Waals surface area contributed by atoms with E-state index in [0.29, 0.717) is 6.61 Å². The fraction of sp³-hybridized carbons (Fsp3) is 1.00. The van der Waals surface area contributed by atoms with Crippen LogP contribution < -0.4 is 0 Å². The highest BCUT2D eigenvalue weighted by Gasteiger charge is 2.41. The van der Waals surface area contributed by atoms with E-state index in [1.807, 2.05) is 0 Å². The molecule has 1 unspecified atom stereocenters. The summed E-state index contributed by atoms with van der Waals surface area (Å²) in [6.45, 7) is 2.34. The van der Waals surface area contributed by atoms with Crippen LogP contribution in [0.5, 0.6) is 0 Å². The van der Waals surface area contributed by atoms with Gasteiger partial charge in [-0.1, -0.05) is 0 Å². The van der Waals surface area contributed by atoms with Crippen molar-refractivity contribution in [2.24, 2.45) is 0 Å². The van der Waals surface area contributed by atoms with E-state index in [1.54, 1.807) is 7.11 Å². The van der Waals surface area contributed by atoms with Crippen molar-refractivity contribution in [3.8, 4) is 0 Å². The summed E-state index contributed by atoms with van der Waals surface area (Å²) in [7, 11) is 1.65. The summed E-state index contributed by atoms with van der Waals surface area (Å²) < 4.78 is 5.00. The third-order valence-corrected chi connectivity index (χ3v) is 2.84. The van der Waals surface area contributed by atoms with Crippen molar-refractivity contribution in [1.29, 1.82) is 0 Å². The molecule has 3 heteroatoms. The maximum atomic E-state index is 9.97. The van der Waals surface area contributed by atoms with E-state index in [2.05, 4.69) is 4.90 Å². The van der Waals surface area contributed by atoms with E-state index in [4.69, 9.17) is 4.74 Å². The second-order valence-corrected chi connectivity index (χ2v) is 4.11. The average Bonchev–Trinajstić information content (AvgIpc) is 2.78. The minimum absolute atomic E-state index is 0.482. The number of nitrogens with zero attached hydrogens (tertiary/aromatic N) is 1. The Hall–Kier alpha value is -0.120. The Morgan fingerprint density at radius 2 is 2.33 bits per heavy atom. The first-order valence-corrected chi connectivity index (χ1v) is 4.69. The minimum Gasteiger partial charge on any atom is -0.386 e. The van der Waals surface area contributed by atoms with Crippen LogP contribution in [-0.4, -0.2) is 48.5 Å². The minimum atomic E-state index is -0.558. The zero-order valence-electron chi connectivity index (χ0n) is 7.62.